The van der Waals surface area contributed by atoms with Gasteiger partial charge in [-0.15, -0.1) is 11.3 Å². The van der Waals surface area contributed by atoms with Crippen LogP contribution in [0.3, 0.4) is 0 Å². The second-order valence-corrected chi connectivity index (χ2v) is 5.42. The normalized spacial score (nSPS) is 10.8. The highest BCUT2D eigenvalue weighted by atomic mass is 32.1. The molecule has 0 aromatic carbocycles. The van der Waals surface area contributed by atoms with Crippen molar-refractivity contribution in [3.8, 4) is 10.7 Å². The van der Waals surface area contributed by atoms with Crippen molar-refractivity contribution in [2.24, 2.45) is 0 Å². The fourth-order valence-corrected chi connectivity index (χ4v) is 3.11. The van der Waals surface area contributed by atoms with Crippen LogP contribution in [0.1, 0.15) is 29.5 Å². The highest BCUT2D eigenvalue weighted by Gasteiger charge is 2.13. The minimum absolute atomic E-state index is 0.888. The summed E-state index contributed by atoms with van der Waals surface area (Å²) in [6.07, 6.45) is 4.00. The van der Waals surface area contributed by atoms with Gasteiger partial charge in [-0.25, -0.2) is 4.98 Å². The van der Waals surface area contributed by atoms with Crippen LogP contribution in [0.25, 0.3) is 10.7 Å². The van der Waals surface area contributed by atoms with Gasteiger partial charge in [0.25, 0.3) is 0 Å². The van der Waals surface area contributed by atoms with Gasteiger partial charge in [0.05, 0.1) is 5.69 Å². The van der Waals surface area contributed by atoms with E-state index in [0.717, 1.165) is 30.1 Å². The Bertz CT molecular complexity index is 496. The zero-order chi connectivity index (χ0) is 13.0. The quantitative estimate of drug-likeness (QED) is 0.898. The molecule has 0 aliphatic rings. The van der Waals surface area contributed by atoms with Crippen molar-refractivity contribution in [1.29, 1.82) is 0 Å². The van der Waals surface area contributed by atoms with Gasteiger partial charge in [-0.3, -0.25) is 4.98 Å². The molecule has 2 aromatic rings. The predicted octanol–water partition coefficient (Wildman–Crippen LogP) is 3.19. The lowest BCUT2D eigenvalue weighted by atomic mass is 10.2. The van der Waals surface area contributed by atoms with E-state index in [4.69, 9.17) is 4.98 Å². The van der Waals surface area contributed by atoms with Gasteiger partial charge in [0, 0.05) is 17.6 Å². The van der Waals surface area contributed by atoms with E-state index in [-0.39, 0.29) is 0 Å². The van der Waals surface area contributed by atoms with Gasteiger partial charge in [0.1, 0.15) is 10.7 Å². The Balaban J connectivity index is 2.40. The number of aryl methyl sites for hydroxylation is 2. The van der Waals surface area contributed by atoms with Gasteiger partial charge in [-0.05, 0) is 32.0 Å². The lowest BCUT2D eigenvalue weighted by Gasteiger charge is -1.98. The molecule has 96 valence electrons. The van der Waals surface area contributed by atoms with Crippen molar-refractivity contribution >= 4 is 11.3 Å². The smallest absolute Gasteiger partial charge is 0.142 e. The van der Waals surface area contributed by atoms with Gasteiger partial charge < -0.3 is 5.32 Å². The van der Waals surface area contributed by atoms with Crippen LogP contribution in [0, 0.1) is 6.92 Å². The second-order valence-electron chi connectivity index (χ2n) is 4.34. The number of nitrogens with one attached hydrogen (secondary N) is 1. The van der Waals surface area contributed by atoms with Crippen LogP contribution >= 0.6 is 11.3 Å². The van der Waals surface area contributed by atoms with E-state index in [2.05, 4.69) is 30.2 Å². The molecule has 0 aliphatic carbocycles. The van der Waals surface area contributed by atoms with Gasteiger partial charge in [-0.2, -0.15) is 0 Å². The van der Waals surface area contributed by atoms with Gasteiger partial charge in [-0.1, -0.05) is 19.4 Å². The summed E-state index contributed by atoms with van der Waals surface area (Å²) in [5.41, 5.74) is 3.42. The first kappa shape index (κ1) is 13.2. The Morgan fingerprint density at radius 2 is 2.22 bits per heavy atom. The number of nitrogens with zero attached hydrogens (tertiary/aromatic N) is 2. The summed E-state index contributed by atoms with van der Waals surface area (Å²) in [6.45, 7) is 5.16. The van der Waals surface area contributed by atoms with Crippen molar-refractivity contribution in [1.82, 2.24) is 15.3 Å². The summed E-state index contributed by atoms with van der Waals surface area (Å²) < 4.78 is 0. The number of thiazole rings is 1. The fourth-order valence-electron chi connectivity index (χ4n) is 1.93. The zero-order valence-corrected chi connectivity index (χ0v) is 12.0. The van der Waals surface area contributed by atoms with Crippen molar-refractivity contribution in [2.75, 3.05) is 7.05 Å². The molecule has 18 heavy (non-hydrogen) atoms. The van der Waals surface area contributed by atoms with Crippen molar-refractivity contribution < 1.29 is 0 Å². The first-order valence-corrected chi connectivity index (χ1v) is 7.13. The molecule has 2 aromatic heterocycles. The SMILES string of the molecule is CCCc1nc(-c2ncccc2C)sc1CNC. The molecule has 0 fully saturated rings. The van der Waals surface area contributed by atoms with E-state index >= 15 is 0 Å². The molecular weight excluding hydrogens is 242 g/mol. The van der Waals surface area contributed by atoms with E-state index in [1.807, 2.05) is 19.3 Å². The van der Waals surface area contributed by atoms with Crippen LogP contribution in [-0.4, -0.2) is 17.0 Å². The molecule has 0 unspecified atom stereocenters. The molecule has 0 aliphatic heterocycles. The molecule has 0 saturated carbocycles. The maximum Gasteiger partial charge on any atom is 0.142 e. The van der Waals surface area contributed by atoms with E-state index in [1.165, 1.54) is 16.1 Å². The standard InChI is InChI=1S/C14H19N3S/c1-4-6-11-12(9-15-3)18-14(17-11)13-10(2)7-5-8-16-13/h5,7-8,15H,4,6,9H2,1-3H3. The summed E-state index contributed by atoms with van der Waals surface area (Å²) in [6, 6.07) is 4.05. The molecule has 2 rings (SSSR count). The molecular formula is C14H19N3S. The molecule has 0 atom stereocenters. The van der Waals surface area contributed by atoms with E-state index in [9.17, 15) is 0 Å². The second kappa shape index (κ2) is 6.07. The molecule has 0 radical (unpaired) electrons. The van der Waals surface area contributed by atoms with E-state index in [1.54, 1.807) is 11.3 Å². The Kier molecular flexibility index (Phi) is 4.44. The number of hydrogen-bond acceptors (Lipinski definition) is 4. The summed E-state index contributed by atoms with van der Waals surface area (Å²) in [4.78, 5) is 10.5. The van der Waals surface area contributed by atoms with Crippen LogP contribution in [0.2, 0.25) is 0 Å². The molecule has 0 bridgehead atoms. The molecule has 0 spiro atoms. The Hall–Kier alpha value is -1.26. The molecule has 0 amide bonds. The molecule has 3 nitrogen and oxygen atoms in total. The van der Waals surface area contributed by atoms with Gasteiger partial charge >= 0.3 is 0 Å². The Morgan fingerprint density at radius 1 is 1.39 bits per heavy atom. The number of hydrogen-bond donors (Lipinski definition) is 1. The first-order valence-electron chi connectivity index (χ1n) is 6.31. The minimum Gasteiger partial charge on any atom is -0.315 e. The third kappa shape index (κ3) is 2.76. The van der Waals surface area contributed by atoms with Crippen LogP contribution in [-0.2, 0) is 13.0 Å². The van der Waals surface area contributed by atoms with Crippen molar-refractivity contribution in [2.45, 2.75) is 33.2 Å². The highest BCUT2D eigenvalue weighted by Crippen LogP contribution is 2.29. The largest absolute Gasteiger partial charge is 0.315 e. The number of aromatic nitrogens is 2. The summed E-state index contributed by atoms with van der Waals surface area (Å²) >= 11 is 1.76. The Labute approximate surface area is 112 Å². The molecule has 0 saturated heterocycles. The molecule has 2 heterocycles. The lowest BCUT2D eigenvalue weighted by Crippen LogP contribution is -2.05. The minimum atomic E-state index is 0.888. The average Bonchev–Trinajstić information content (AvgIpc) is 2.74. The fraction of sp³-hybridized carbons (Fsp3) is 0.429. The van der Waals surface area contributed by atoms with E-state index in [0.29, 0.717) is 0 Å². The molecule has 4 heteroatoms. The van der Waals surface area contributed by atoms with Crippen molar-refractivity contribution in [3.63, 3.8) is 0 Å². The van der Waals surface area contributed by atoms with Gasteiger partial charge in [0.15, 0.2) is 0 Å². The highest BCUT2D eigenvalue weighted by molar-refractivity contribution is 7.15. The predicted molar refractivity (Wildman–Crippen MR) is 76.8 cm³/mol. The summed E-state index contributed by atoms with van der Waals surface area (Å²) in [5, 5.41) is 4.26. The third-order valence-corrected chi connectivity index (χ3v) is 3.92. The van der Waals surface area contributed by atoms with E-state index < -0.39 is 0 Å². The summed E-state index contributed by atoms with van der Waals surface area (Å²) in [5.74, 6) is 0. The van der Waals surface area contributed by atoms with Crippen LogP contribution in [0.5, 0.6) is 0 Å². The maximum atomic E-state index is 4.77. The third-order valence-electron chi connectivity index (χ3n) is 2.81. The topological polar surface area (TPSA) is 37.8 Å². The maximum absolute atomic E-state index is 4.77. The number of pyridine rings is 1. The van der Waals surface area contributed by atoms with Crippen LogP contribution in [0.15, 0.2) is 18.3 Å². The average molecular weight is 261 g/mol. The monoisotopic (exact) mass is 261 g/mol. The lowest BCUT2D eigenvalue weighted by molar-refractivity contribution is 0.798. The zero-order valence-electron chi connectivity index (χ0n) is 11.2. The Morgan fingerprint density at radius 3 is 2.89 bits per heavy atom. The van der Waals surface area contributed by atoms with Crippen molar-refractivity contribution in [3.05, 3.63) is 34.5 Å². The van der Waals surface area contributed by atoms with Crippen LogP contribution < -0.4 is 5.32 Å². The van der Waals surface area contributed by atoms with Gasteiger partial charge in [0.2, 0.25) is 0 Å². The number of rotatable bonds is 5. The summed E-state index contributed by atoms with van der Waals surface area (Å²) in [7, 11) is 1.97. The first-order chi connectivity index (χ1) is 8.76. The molecule has 1 N–H and O–H groups in total. The van der Waals surface area contributed by atoms with Crippen LogP contribution in [0.4, 0.5) is 0 Å².